The maximum absolute atomic E-state index is 14.5. The fraction of sp³-hybridized carbons (Fsp3) is 0.698. The Balaban J connectivity index is 1.39. The summed E-state index contributed by atoms with van der Waals surface area (Å²) in [7, 11) is 4.10. The van der Waals surface area contributed by atoms with Crippen LogP contribution in [0.1, 0.15) is 93.6 Å². The zero-order valence-corrected chi connectivity index (χ0v) is 34.2. The molecule has 0 aliphatic carbocycles. The van der Waals surface area contributed by atoms with Gasteiger partial charge in [-0.3, -0.25) is 19.4 Å². The van der Waals surface area contributed by atoms with Crippen LogP contribution in [0.5, 0.6) is 0 Å². The third-order valence-electron chi connectivity index (χ3n) is 12.7. The van der Waals surface area contributed by atoms with Crippen LogP contribution in [-0.4, -0.2) is 101 Å². The molecule has 2 aromatic rings. The van der Waals surface area contributed by atoms with Gasteiger partial charge < -0.3 is 28.7 Å². The van der Waals surface area contributed by atoms with E-state index in [9.17, 15) is 19.2 Å². The molecule has 1 unspecified atom stereocenters. The van der Waals surface area contributed by atoms with E-state index < -0.39 is 65.9 Å². The van der Waals surface area contributed by atoms with E-state index in [2.05, 4.69) is 37.0 Å². The number of esters is 1. The number of nitrogens with zero attached hydrogens (tertiary/aromatic N) is 3. The number of ketones is 2. The third-order valence-corrected chi connectivity index (χ3v) is 12.7. The van der Waals surface area contributed by atoms with Crippen molar-refractivity contribution in [3.63, 3.8) is 0 Å². The lowest BCUT2D eigenvalue weighted by molar-refractivity contribution is -0.259. The molecule has 11 heteroatoms. The number of fused-ring (bicyclic) bond motifs is 2. The number of hydrogen-bond donors (Lipinski definition) is 0. The summed E-state index contributed by atoms with van der Waals surface area (Å²) in [5.41, 5.74) is 0.809. The molecule has 13 atom stereocenters. The zero-order chi connectivity index (χ0) is 39.6. The molecule has 3 aliphatic heterocycles. The van der Waals surface area contributed by atoms with E-state index in [1.807, 2.05) is 58.2 Å². The second-order valence-electron chi connectivity index (χ2n) is 17.0. The molecule has 1 aromatic carbocycles. The fourth-order valence-electron chi connectivity index (χ4n) is 9.38. The standard InChI is InChI=1S/C43H63N3O8/c1-24-22-25(2)38(53-41-27(4)35(45(10)11)23-26(3)51-41)28(5)37(48)30(7)40(49)52-31(8)43(9)39(29(6)36(24)47)46(42(50)54-43)21-15-14-16-32-19-20-44-34-18-13-12-17-33(32)34/h12-13,17-20,24-31,35,38-39,41H,14-16,21-23H2,1-11H3/t24-,25+,26-,27-,28+,29+,30-,31-,35+,38?,39+,41+,43-/m1/s1. The van der Waals surface area contributed by atoms with Crippen LogP contribution in [0.15, 0.2) is 36.5 Å². The van der Waals surface area contributed by atoms with Crippen LogP contribution in [0.2, 0.25) is 0 Å². The van der Waals surface area contributed by atoms with Gasteiger partial charge in [-0.05, 0) is 97.5 Å². The lowest BCUT2D eigenvalue weighted by atomic mass is 9.75. The number of ether oxygens (including phenoxy) is 4. The SMILES string of the molecule is C[C@H]1C(=O)O[C@H](C)[C@@]2(C)OC(=O)N(CCCCc3ccnc4ccccc34)[C@H]2[C@@H](C)C(=O)[C@H](C)C[C@H](C)C(O[C@@H]2O[C@H](C)C[C@H](N(C)C)[C@H]2C)[C@@H](C)C1=O. The number of rotatable bonds is 8. The number of Topliss-reactive ketones (excluding diaryl/α,β-unsaturated/α-hetero) is 2. The molecule has 0 spiro atoms. The maximum Gasteiger partial charge on any atom is 0.410 e. The summed E-state index contributed by atoms with van der Waals surface area (Å²) in [6, 6.07) is 9.61. The number of unbranched alkanes of at least 4 members (excludes halogenated alkanes) is 1. The van der Waals surface area contributed by atoms with Gasteiger partial charge in [0.1, 0.15) is 17.8 Å². The Hall–Kier alpha value is -3.41. The largest absolute Gasteiger partial charge is 0.458 e. The highest BCUT2D eigenvalue weighted by molar-refractivity contribution is 6.00. The molecule has 3 aliphatic rings. The van der Waals surface area contributed by atoms with Crippen molar-refractivity contribution >= 4 is 34.5 Å². The first kappa shape index (κ1) is 41.7. The van der Waals surface area contributed by atoms with Crippen LogP contribution in [0.4, 0.5) is 4.79 Å². The molecule has 0 saturated carbocycles. The molecule has 0 radical (unpaired) electrons. The summed E-state index contributed by atoms with van der Waals surface area (Å²) < 4.78 is 25.2. The van der Waals surface area contributed by atoms with Crippen molar-refractivity contribution < 1.29 is 38.1 Å². The maximum atomic E-state index is 14.5. The monoisotopic (exact) mass is 749 g/mol. The smallest absolute Gasteiger partial charge is 0.410 e. The van der Waals surface area contributed by atoms with Gasteiger partial charge in [-0.2, -0.15) is 0 Å². The number of carbonyl (C=O) groups is 4. The van der Waals surface area contributed by atoms with Gasteiger partial charge in [0.25, 0.3) is 0 Å². The summed E-state index contributed by atoms with van der Waals surface area (Å²) in [5.74, 6) is -4.04. The van der Waals surface area contributed by atoms with Crippen LogP contribution in [0, 0.1) is 35.5 Å². The third kappa shape index (κ3) is 8.53. The minimum Gasteiger partial charge on any atom is -0.458 e. The molecule has 11 nitrogen and oxygen atoms in total. The molecule has 1 aromatic heterocycles. The highest BCUT2D eigenvalue weighted by Crippen LogP contribution is 2.41. The minimum atomic E-state index is -1.33. The lowest BCUT2D eigenvalue weighted by Gasteiger charge is -2.45. The van der Waals surface area contributed by atoms with Gasteiger partial charge in [-0.25, -0.2) is 4.79 Å². The van der Waals surface area contributed by atoms with E-state index in [1.165, 1.54) is 5.56 Å². The van der Waals surface area contributed by atoms with Crippen LogP contribution in [0.3, 0.4) is 0 Å². The van der Waals surface area contributed by atoms with Gasteiger partial charge >= 0.3 is 12.1 Å². The van der Waals surface area contributed by atoms with Gasteiger partial charge in [0.15, 0.2) is 17.7 Å². The lowest BCUT2D eigenvalue weighted by Crippen LogP contribution is -2.57. The Morgan fingerprint density at radius 1 is 0.907 bits per heavy atom. The predicted octanol–water partition coefficient (Wildman–Crippen LogP) is 6.88. The van der Waals surface area contributed by atoms with Crippen molar-refractivity contribution in [3.8, 4) is 0 Å². The van der Waals surface area contributed by atoms with Crippen LogP contribution in [-0.2, 0) is 39.8 Å². The first-order chi connectivity index (χ1) is 25.5. The summed E-state index contributed by atoms with van der Waals surface area (Å²) in [4.78, 5) is 64.3. The number of para-hydroxylation sites is 1. The normalized spacial score (nSPS) is 37.2. The van der Waals surface area contributed by atoms with Crippen LogP contribution in [0.25, 0.3) is 10.9 Å². The summed E-state index contributed by atoms with van der Waals surface area (Å²) >= 11 is 0. The van der Waals surface area contributed by atoms with E-state index in [-0.39, 0.29) is 35.5 Å². The highest BCUT2D eigenvalue weighted by Gasteiger charge is 2.59. The van der Waals surface area contributed by atoms with Gasteiger partial charge in [0.05, 0.1) is 23.8 Å². The number of amides is 1. The second-order valence-corrected chi connectivity index (χ2v) is 17.0. The molecular weight excluding hydrogens is 686 g/mol. The molecule has 5 rings (SSSR count). The molecule has 4 heterocycles. The van der Waals surface area contributed by atoms with E-state index in [1.54, 1.807) is 32.6 Å². The average Bonchev–Trinajstić information content (AvgIpc) is 3.40. The van der Waals surface area contributed by atoms with Gasteiger partial charge in [0.2, 0.25) is 0 Å². The molecular formula is C43H63N3O8. The fourth-order valence-corrected chi connectivity index (χ4v) is 9.38. The first-order valence-electron chi connectivity index (χ1n) is 20.0. The molecule has 0 N–H and O–H groups in total. The van der Waals surface area contributed by atoms with E-state index in [0.29, 0.717) is 19.4 Å². The summed E-state index contributed by atoms with van der Waals surface area (Å²) in [6.07, 6.45) is 2.72. The van der Waals surface area contributed by atoms with Crippen molar-refractivity contribution in [2.45, 2.75) is 137 Å². The topological polar surface area (TPSA) is 125 Å². The summed E-state index contributed by atoms with van der Waals surface area (Å²) in [6.45, 7) is 17.1. The van der Waals surface area contributed by atoms with Crippen molar-refractivity contribution in [2.75, 3.05) is 20.6 Å². The van der Waals surface area contributed by atoms with Crippen molar-refractivity contribution in [3.05, 3.63) is 42.1 Å². The molecule has 0 bridgehead atoms. The Morgan fingerprint density at radius 3 is 2.31 bits per heavy atom. The van der Waals surface area contributed by atoms with Gasteiger partial charge in [-0.1, -0.05) is 52.8 Å². The molecule has 54 heavy (non-hydrogen) atoms. The number of aromatic nitrogens is 1. The van der Waals surface area contributed by atoms with Crippen LogP contribution >= 0.6 is 0 Å². The number of pyridine rings is 1. The summed E-state index contributed by atoms with van der Waals surface area (Å²) in [5, 5.41) is 1.11. The van der Waals surface area contributed by atoms with E-state index in [4.69, 9.17) is 18.9 Å². The Labute approximate surface area is 321 Å². The Bertz CT molecular complexity index is 1660. The number of aryl methyl sites for hydroxylation is 1. The molecule has 298 valence electrons. The van der Waals surface area contributed by atoms with Crippen molar-refractivity contribution in [1.29, 1.82) is 0 Å². The number of cyclic esters (lactones) is 1. The second kappa shape index (κ2) is 17.2. The quantitative estimate of drug-likeness (QED) is 0.160. The number of benzene rings is 1. The Morgan fingerprint density at radius 2 is 1.61 bits per heavy atom. The first-order valence-corrected chi connectivity index (χ1v) is 20.0. The Kier molecular flexibility index (Phi) is 13.3. The van der Waals surface area contributed by atoms with Crippen molar-refractivity contribution in [2.24, 2.45) is 35.5 Å². The minimum absolute atomic E-state index is 0.0186. The average molecular weight is 750 g/mol. The predicted molar refractivity (Wildman–Crippen MR) is 207 cm³/mol. The molecule has 3 fully saturated rings. The van der Waals surface area contributed by atoms with E-state index in [0.717, 1.165) is 30.2 Å². The van der Waals surface area contributed by atoms with Gasteiger partial charge in [0, 0.05) is 47.8 Å². The zero-order valence-electron chi connectivity index (χ0n) is 34.2. The highest BCUT2D eigenvalue weighted by atomic mass is 16.7. The van der Waals surface area contributed by atoms with Crippen molar-refractivity contribution in [1.82, 2.24) is 14.8 Å². The number of hydrogen-bond acceptors (Lipinski definition) is 10. The molecule has 3 saturated heterocycles. The van der Waals surface area contributed by atoms with Crippen LogP contribution < -0.4 is 0 Å². The van der Waals surface area contributed by atoms with E-state index >= 15 is 0 Å². The molecule has 1 amide bonds. The number of carbonyl (C=O) groups excluding carboxylic acids is 4. The van der Waals surface area contributed by atoms with Gasteiger partial charge in [-0.15, -0.1) is 0 Å².